The van der Waals surface area contributed by atoms with E-state index in [1.165, 1.54) is 13.8 Å². The number of anilines is 1. The molecule has 0 aliphatic rings. The molecule has 1 rings (SSSR count). The van der Waals surface area contributed by atoms with Crippen LogP contribution in [0.25, 0.3) is 0 Å². The molecule has 1 aromatic carbocycles. The molecule has 110 valence electrons. The first kappa shape index (κ1) is 16.0. The fraction of sp³-hybridized carbons (Fsp3) is 0.467. The number of hydrogen-bond donors (Lipinski definition) is 3. The predicted octanol–water partition coefficient (Wildman–Crippen LogP) is 3.10. The lowest BCUT2D eigenvalue weighted by Crippen LogP contribution is -2.51. The van der Waals surface area contributed by atoms with Crippen molar-refractivity contribution in [3.8, 4) is 0 Å². The molecule has 0 saturated heterocycles. The number of carbonyl (C=O) groups excluding carboxylic acids is 1. The highest BCUT2D eigenvalue weighted by atomic mass is 16.4. The van der Waals surface area contributed by atoms with Crippen LogP contribution in [0.1, 0.15) is 44.7 Å². The Morgan fingerprint density at radius 1 is 1.25 bits per heavy atom. The van der Waals surface area contributed by atoms with E-state index in [-0.39, 0.29) is 5.92 Å². The van der Waals surface area contributed by atoms with Crippen molar-refractivity contribution in [3.05, 3.63) is 29.3 Å². The smallest absolute Gasteiger partial charge is 0.328 e. The highest BCUT2D eigenvalue weighted by molar-refractivity contribution is 5.94. The molecule has 0 bridgehead atoms. The molecule has 3 N–H and O–H groups in total. The minimum Gasteiger partial charge on any atom is -0.480 e. The molecule has 5 nitrogen and oxygen atoms in total. The number of nitrogens with one attached hydrogen (secondary N) is 2. The Morgan fingerprint density at radius 3 is 2.35 bits per heavy atom. The van der Waals surface area contributed by atoms with Gasteiger partial charge < -0.3 is 15.7 Å². The zero-order valence-electron chi connectivity index (χ0n) is 12.6. The van der Waals surface area contributed by atoms with Crippen LogP contribution in [0.2, 0.25) is 0 Å². The summed E-state index contributed by atoms with van der Waals surface area (Å²) in [5, 5.41) is 14.2. The molecule has 0 heterocycles. The second-order valence-corrected chi connectivity index (χ2v) is 5.70. The van der Waals surface area contributed by atoms with Crippen LogP contribution < -0.4 is 10.6 Å². The van der Waals surface area contributed by atoms with Gasteiger partial charge in [-0.25, -0.2) is 9.59 Å². The van der Waals surface area contributed by atoms with Crippen molar-refractivity contribution in [2.75, 3.05) is 5.32 Å². The first-order chi connectivity index (χ1) is 9.15. The van der Waals surface area contributed by atoms with Gasteiger partial charge in [-0.15, -0.1) is 0 Å². The Kier molecular flexibility index (Phi) is 4.76. The van der Waals surface area contributed by atoms with E-state index in [2.05, 4.69) is 10.6 Å². The summed E-state index contributed by atoms with van der Waals surface area (Å²) in [7, 11) is 0. The number of benzene rings is 1. The van der Waals surface area contributed by atoms with Crippen molar-refractivity contribution >= 4 is 17.7 Å². The van der Waals surface area contributed by atoms with Gasteiger partial charge in [0.2, 0.25) is 0 Å². The lowest BCUT2D eigenvalue weighted by atomic mass is 9.98. The number of aliphatic carboxylic acids is 1. The average molecular weight is 278 g/mol. The highest BCUT2D eigenvalue weighted by Crippen LogP contribution is 2.27. The summed E-state index contributed by atoms with van der Waals surface area (Å²) in [5.74, 6) is -0.820. The fourth-order valence-corrected chi connectivity index (χ4v) is 1.82. The van der Waals surface area contributed by atoms with E-state index in [1.807, 2.05) is 39.0 Å². The molecule has 0 radical (unpaired) electrons. The molecule has 0 unspecified atom stereocenters. The van der Waals surface area contributed by atoms with Crippen LogP contribution in [0.4, 0.5) is 10.5 Å². The van der Waals surface area contributed by atoms with Gasteiger partial charge in [0.05, 0.1) is 0 Å². The summed E-state index contributed by atoms with van der Waals surface area (Å²) < 4.78 is 0. The number of aryl methyl sites for hydroxylation is 1. The summed E-state index contributed by atoms with van der Waals surface area (Å²) in [5.41, 5.74) is 1.39. The Balaban J connectivity index is 2.94. The number of carboxylic acid groups (broad SMARTS) is 1. The summed E-state index contributed by atoms with van der Waals surface area (Å²) in [6, 6.07) is 5.28. The summed E-state index contributed by atoms with van der Waals surface area (Å²) in [6.07, 6.45) is 0. The highest BCUT2D eigenvalue weighted by Gasteiger charge is 2.29. The Labute approximate surface area is 119 Å². The molecule has 0 aliphatic heterocycles. The largest absolute Gasteiger partial charge is 0.480 e. The van der Waals surface area contributed by atoms with E-state index in [0.29, 0.717) is 0 Å². The minimum atomic E-state index is -1.31. The maximum absolute atomic E-state index is 12.0. The van der Waals surface area contributed by atoms with Crippen molar-refractivity contribution < 1.29 is 14.7 Å². The summed E-state index contributed by atoms with van der Waals surface area (Å²) in [4.78, 5) is 23.0. The van der Waals surface area contributed by atoms with Crippen LogP contribution in [-0.2, 0) is 4.79 Å². The van der Waals surface area contributed by atoms with Crippen LogP contribution in [0, 0.1) is 6.92 Å². The zero-order chi connectivity index (χ0) is 15.5. The van der Waals surface area contributed by atoms with Crippen molar-refractivity contribution in [2.24, 2.45) is 0 Å². The van der Waals surface area contributed by atoms with Crippen LogP contribution in [-0.4, -0.2) is 22.6 Å². The molecule has 5 heteroatoms. The molecule has 0 aromatic heterocycles. The fourth-order valence-electron chi connectivity index (χ4n) is 1.82. The van der Waals surface area contributed by atoms with E-state index < -0.39 is 17.5 Å². The van der Waals surface area contributed by atoms with E-state index in [1.54, 1.807) is 0 Å². The van der Waals surface area contributed by atoms with Gasteiger partial charge in [-0.2, -0.15) is 0 Å². The van der Waals surface area contributed by atoms with Crippen LogP contribution in [0.15, 0.2) is 18.2 Å². The summed E-state index contributed by atoms with van der Waals surface area (Å²) in [6.45, 7) is 8.87. The van der Waals surface area contributed by atoms with Gasteiger partial charge in [-0.3, -0.25) is 0 Å². The summed E-state index contributed by atoms with van der Waals surface area (Å²) >= 11 is 0. The number of amides is 2. The maximum atomic E-state index is 12.0. The lowest BCUT2D eigenvalue weighted by Gasteiger charge is -2.23. The van der Waals surface area contributed by atoms with Crippen LogP contribution in [0.5, 0.6) is 0 Å². The average Bonchev–Trinajstić information content (AvgIpc) is 2.30. The lowest BCUT2D eigenvalue weighted by molar-refractivity contribution is -0.142. The first-order valence-corrected chi connectivity index (χ1v) is 6.57. The number of rotatable bonds is 4. The van der Waals surface area contributed by atoms with Crippen molar-refractivity contribution in [2.45, 2.75) is 46.1 Å². The molecule has 1 aromatic rings. The molecule has 2 amide bonds. The Hall–Kier alpha value is -2.04. The van der Waals surface area contributed by atoms with E-state index >= 15 is 0 Å². The van der Waals surface area contributed by atoms with Crippen LogP contribution >= 0.6 is 0 Å². The number of para-hydroxylation sites is 1. The van der Waals surface area contributed by atoms with Gasteiger partial charge in [-0.1, -0.05) is 32.0 Å². The minimum absolute atomic E-state index is 0.262. The van der Waals surface area contributed by atoms with Gasteiger partial charge >= 0.3 is 12.0 Å². The molecule has 20 heavy (non-hydrogen) atoms. The Morgan fingerprint density at radius 2 is 1.85 bits per heavy atom. The predicted molar refractivity (Wildman–Crippen MR) is 79.1 cm³/mol. The van der Waals surface area contributed by atoms with Crippen molar-refractivity contribution in [1.82, 2.24) is 5.32 Å². The molecule has 0 fully saturated rings. The van der Waals surface area contributed by atoms with Crippen molar-refractivity contribution in [3.63, 3.8) is 0 Å². The normalized spacial score (nSPS) is 11.3. The van der Waals surface area contributed by atoms with Gasteiger partial charge in [0, 0.05) is 5.69 Å². The third kappa shape index (κ3) is 3.73. The molecule has 0 spiro atoms. The SMILES string of the molecule is Cc1cccc(C(C)C)c1NC(=O)NC(C)(C)C(=O)O. The molecule has 0 atom stereocenters. The second kappa shape index (κ2) is 5.94. The van der Waals surface area contributed by atoms with Gasteiger partial charge in [0.1, 0.15) is 5.54 Å². The standard InChI is InChI=1S/C15H22N2O3/c1-9(2)11-8-6-7-10(3)12(11)16-14(20)17-15(4,5)13(18)19/h6-9H,1-5H3,(H,18,19)(H2,16,17,20). The maximum Gasteiger partial charge on any atom is 0.328 e. The topological polar surface area (TPSA) is 78.4 Å². The molecular formula is C15H22N2O3. The second-order valence-electron chi connectivity index (χ2n) is 5.70. The molecule has 0 aliphatic carbocycles. The van der Waals surface area contributed by atoms with E-state index in [0.717, 1.165) is 16.8 Å². The molecular weight excluding hydrogens is 256 g/mol. The van der Waals surface area contributed by atoms with Gasteiger partial charge in [0.15, 0.2) is 0 Å². The van der Waals surface area contributed by atoms with Crippen molar-refractivity contribution in [1.29, 1.82) is 0 Å². The number of carboxylic acids is 1. The van der Waals surface area contributed by atoms with Crippen LogP contribution in [0.3, 0.4) is 0 Å². The van der Waals surface area contributed by atoms with Gasteiger partial charge in [0.25, 0.3) is 0 Å². The third-order valence-electron chi connectivity index (χ3n) is 3.13. The van der Waals surface area contributed by atoms with E-state index in [4.69, 9.17) is 5.11 Å². The Bertz CT molecular complexity index is 522. The first-order valence-electron chi connectivity index (χ1n) is 6.57. The zero-order valence-corrected chi connectivity index (χ0v) is 12.6. The third-order valence-corrected chi connectivity index (χ3v) is 3.13. The number of urea groups is 1. The number of carbonyl (C=O) groups is 2. The number of hydrogen-bond acceptors (Lipinski definition) is 2. The van der Waals surface area contributed by atoms with Gasteiger partial charge in [-0.05, 0) is 37.8 Å². The quantitative estimate of drug-likeness (QED) is 0.791. The van der Waals surface area contributed by atoms with E-state index in [9.17, 15) is 9.59 Å². The molecule has 0 saturated carbocycles. The monoisotopic (exact) mass is 278 g/mol.